The summed E-state index contributed by atoms with van der Waals surface area (Å²) in [4.78, 5) is 22.4. The van der Waals surface area contributed by atoms with Crippen molar-refractivity contribution in [3.8, 4) is 0 Å². The van der Waals surface area contributed by atoms with Crippen LogP contribution in [0.25, 0.3) is 0 Å². The number of hydrogen-bond donors (Lipinski definition) is 2. The highest BCUT2D eigenvalue weighted by atomic mass is 16.3. The maximum absolute atomic E-state index is 10.8. The zero-order valence-corrected chi connectivity index (χ0v) is 7.50. The lowest BCUT2D eigenvalue weighted by Gasteiger charge is -2.02. The van der Waals surface area contributed by atoms with Crippen LogP contribution in [0.1, 0.15) is 13.8 Å². The van der Waals surface area contributed by atoms with Crippen molar-refractivity contribution < 1.29 is 14.7 Å². The van der Waals surface area contributed by atoms with Gasteiger partial charge >= 0.3 is 6.03 Å². The van der Waals surface area contributed by atoms with Crippen LogP contribution >= 0.6 is 0 Å². The van der Waals surface area contributed by atoms with Crippen molar-refractivity contribution >= 4 is 11.9 Å². The second kappa shape index (κ2) is 4.71. The Balaban J connectivity index is 0.000000561. The van der Waals surface area contributed by atoms with Crippen molar-refractivity contribution in [1.29, 1.82) is 0 Å². The van der Waals surface area contributed by atoms with Crippen LogP contribution in [0.15, 0.2) is 0 Å². The number of amides is 3. The Hall–Kier alpha value is -1.10. The van der Waals surface area contributed by atoms with Crippen LogP contribution in [0.4, 0.5) is 4.79 Å². The van der Waals surface area contributed by atoms with Gasteiger partial charge in [0.25, 0.3) is 5.91 Å². The quantitative estimate of drug-likeness (QED) is 0.529. The van der Waals surface area contributed by atoms with Gasteiger partial charge in [-0.1, -0.05) is 13.8 Å². The maximum Gasteiger partial charge on any atom is 0.324 e. The van der Waals surface area contributed by atoms with Crippen molar-refractivity contribution in [2.45, 2.75) is 19.9 Å². The Labute approximate surface area is 71.4 Å². The van der Waals surface area contributed by atoms with Crippen LogP contribution in [0.5, 0.6) is 0 Å². The molecular formula is C7H14N2O3. The monoisotopic (exact) mass is 174 g/mol. The predicted molar refractivity (Wildman–Crippen MR) is 43.5 cm³/mol. The molecule has 0 spiro atoms. The number of urea groups is 1. The number of likely N-dealkylation sites (N-methyl/N-ethyl adjacent to an activating group) is 1. The topological polar surface area (TPSA) is 69.6 Å². The van der Waals surface area contributed by atoms with Crippen LogP contribution in [-0.2, 0) is 4.79 Å². The number of carbonyl (C=O) groups is 2. The van der Waals surface area contributed by atoms with Gasteiger partial charge in [0.05, 0.1) is 6.61 Å². The Morgan fingerprint density at radius 1 is 1.50 bits per heavy atom. The van der Waals surface area contributed by atoms with Crippen LogP contribution < -0.4 is 5.32 Å². The largest absolute Gasteiger partial charge is 0.394 e. The minimum absolute atomic E-state index is 0.338. The summed E-state index contributed by atoms with van der Waals surface area (Å²) in [5.74, 6) is -0.382. The Bertz CT molecular complexity index is 181. The lowest BCUT2D eigenvalue weighted by Crippen LogP contribution is -2.32. The number of imide groups is 1. The van der Waals surface area contributed by atoms with Gasteiger partial charge in [-0.05, 0) is 0 Å². The van der Waals surface area contributed by atoms with E-state index in [2.05, 4.69) is 5.32 Å². The molecule has 0 bridgehead atoms. The van der Waals surface area contributed by atoms with E-state index in [1.54, 1.807) is 0 Å². The van der Waals surface area contributed by atoms with Gasteiger partial charge in [-0.3, -0.25) is 9.69 Å². The molecule has 1 atom stereocenters. The zero-order chi connectivity index (χ0) is 9.72. The van der Waals surface area contributed by atoms with Crippen molar-refractivity contribution in [2.24, 2.45) is 0 Å². The summed E-state index contributed by atoms with van der Waals surface area (Å²) in [6.45, 7) is 3.66. The molecule has 3 amide bonds. The zero-order valence-electron chi connectivity index (χ0n) is 7.50. The first-order valence-corrected chi connectivity index (χ1v) is 3.85. The van der Waals surface area contributed by atoms with Crippen molar-refractivity contribution in [1.82, 2.24) is 10.2 Å². The summed E-state index contributed by atoms with van der Waals surface area (Å²) in [6, 6.07) is -1.19. The lowest BCUT2D eigenvalue weighted by molar-refractivity contribution is -0.127. The number of aliphatic hydroxyl groups excluding tert-OH is 1. The Morgan fingerprint density at radius 3 is 2.17 bits per heavy atom. The van der Waals surface area contributed by atoms with Gasteiger partial charge in [0, 0.05) is 7.05 Å². The van der Waals surface area contributed by atoms with E-state index < -0.39 is 12.1 Å². The molecule has 0 aromatic carbocycles. The normalized spacial score (nSPS) is 21.7. The third-order valence-electron chi connectivity index (χ3n) is 1.41. The number of carbonyl (C=O) groups excluding carboxylic acids is 2. The smallest absolute Gasteiger partial charge is 0.324 e. The molecule has 70 valence electrons. The molecule has 1 saturated heterocycles. The molecule has 1 heterocycles. The molecule has 0 aromatic rings. The molecular weight excluding hydrogens is 160 g/mol. The molecule has 1 aliphatic heterocycles. The number of hydrogen-bond acceptors (Lipinski definition) is 3. The highest BCUT2D eigenvalue weighted by Gasteiger charge is 2.34. The van der Waals surface area contributed by atoms with Gasteiger partial charge < -0.3 is 10.4 Å². The fraction of sp³-hybridized carbons (Fsp3) is 0.714. The van der Waals surface area contributed by atoms with E-state index in [0.717, 1.165) is 4.90 Å². The van der Waals surface area contributed by atoms with Crippen LogP contribution in [-0.4, -0.2) is 41.6 Å². The van der Waals surface area contributed by atoms with E-state index in [1.807, 2.05) is 13.8 Å². The highest BCUT2D eigenvalue weighted by molar-refractivity contribution is 6.03. The molecule has 1 unspecified atom stereocenters. The number of aliphatic hydroxyl groups is 1. The third-order valence-corrected chi connectivity index (χ3v) is 1.41. The summed E-state index contributed by atoms with van der Waals surface area (Å²) in [5.41, 5.74) is 0. The molecule has 0 radical (unpaired) electrons. The summed E-state index contributed by atoms with van der Waals surface area (Å²) in [5, 5.41) is 10.8. The standard InChI is InChI=1S/C5H8N2O3.C2H6/c1-7-4(9)3(2-8)6-5(7)10;1-2/h3,8H,2H2,1H3,(H,6,10);1-2H3. The molecule has 12 heavy (non-hydrogen) atoms. The van der Waals surface area contributed by atoms with E-state index in [1.165, 1.54) is 7.05 Å². The van der Waals surface area contributed by atoms with Crippen LogP contribution in [0.2, 0.25) is 0 Å². The van der Waals surface area contributed by atoms with Gasteiger partial charge in [0.2, 0.25) is 0 Å². The summed E-state index contributed by atoms with van der Waals surface area (Å²) in [7, 11) is 1.37. The van der Waals surface area contributed by atoms with Crippen LogP contribution in [0.3, 0.4) is 0 Å². The Kier molecular flexibility index (Phi) is 4.28. The average Bonchev–Trinajstić information content (AvgIpc) is 2.36. The van der Waals surface area contributed by atoms with Gasteiger partial charge in [0.1, 0.15) is 6.04 Å². The molecule has 0 aliphatic carbocycles. The number of nitrogens with one attached hydrogen (secondary N) is 1. The predicted octanol–water partition coefficient (Wildman–Crippen LogP) is -0.445. The van der Waals surface area contributed by atoms with Crippen LogP contribution in [0, 0.1) is 0 Å². The SMILES string of the molecule is CC.CN1C(=O)NC(CO)C1=O. The Morgan fingerprint density at radius 2 is 2.00 bits per heavy atom. The van der Waals surface area contributed by atoms with Gasteiger partial charge in [0.15, 0.2) is 0 Å². The second-order valence-corrected chi connectivity index (χ2v) is 2.08. The summed E-state index contributed by atoms with van der Waals surface area (Å²) in [6.07, 6.45) is 0. The average molecular weight is 174 g/mol. The van der Waals surface area contributed by atoms with Crippen molar-refractivity contribution in [3.63, 3.8) is 0 Å². The summed E-state index contributed by atoms with van der Waals surface area (Å²) < 4.78 is 0. The van der Waals surface area contributed by atoms with E-state index in [4.69, 9.17) is 5.11 Å². The van der Waals surface area contributed by atoms with Crippen molar-refractivity contribution in [2.75, 3.05) is 13.7 Å². The fourth-order valence-electron chi connectivity index (χ4n) is 0.765. The second-order valence-electron chi connectivity index (χ2n) is 2.08. The molecule has 1 aliphatic rings. The third kappa shape index (κ3) is 1.94. The molecule has 0 saturated carbocycles. The molecule has 2 N–H and O–H groups in total. The highest BCUT2D eigenvalue weighted by Crippen LogP contribution is 2.01. The molecule has 1 fully saturated rings. The molecule has 5 nitrogen and oxygen atoms in total. The molecule has 0 aromatic heterocycles. The first kappa shape index (κ1) is 10.9. The van der Waals surface area contributed by atoms with Gasteiger partial charge in [-0.2, -0.15) is 0 Å². The lowest BCUT2D eigenvalue weighted by atomic mass is 10.3. The fourth-order valence-corrected chi connectivity index (χ4v) is 0.765. The minimum atomic E-state index is -0.738. The van der Waals surface area contributed by atoms with E-state index in [0.29, 0.717) is 0 Å². The van der Waals surface area contributed by atoms with E-state index in [-0.39, 0.29) is 12.5 Å². The number of rotatable bonds is 1. The van der Waals surface area contributed by atoms with E-state index >= 15 is 0 Å². The van der Waals surface area contributed by atoms with Gasteiger partial charge in [-0.15, -0.1) is 0 Å². The molecule has 1 rings (SSSR count). The van der Waals surface area contributed by atoms with Gasteiger partial charge in [-0.25, -0.2) is 4.79 Å². The number of nitrogens with zero attached hydrogens (tertiary/aromatic N) is 1. The minimum Gasteiger partial charge on any atom is -0.394 e. The van der Waals surface area contributed by atoms with Crippen molar-refractivity contribution in [3.05, 3.63) is 0 Å². The first-order valence-electron chi connectivity index (χ1n) is 3.85. The van der Waals surface area contributed by atoms with E-state index in [9.17, 15) is 9.59 Å². The maximum atomic E-state index is 10.8. The summed E-state index contributed by atoms with van der Waals surface area (Å²) >= 11 is 0. The first-order chi connectivity index (χ1) is 5.66. The molecule has 5 heteroatoms.